The molecular formula is C16H17Cl2N3O3. The number of hydrogen-bond acceptors (Lipinski definition) is 5. The molecule has 0 aliphatic heterocycles. The summed E-state index contributed by atoms with van der Waals surface area (Å²) in [4.78, 5) is 20.1. The largest absolute Gasteiger partial charge is 0.487 e. The zero-order valence-corrected chi connectivity index (χ0v) is 14.8. The summed E-state index contributed by atoms with van der Waals surface area (Å²) in [5.74, 6) is 0.551. The second kappa shape index (κ2) is 8.82. The lowest BCUT2D eigenvalue weighted by Gasteiger charge is -2.15. The summed E-state index contributed by atoms with van der Waals surface area (Å²) in [6, 6.07) is 4.95. The van der Waals surface area contributed by atoms with Gasteiger partial charge in [-0.2, -0.15) is 0 Å². The molecule has 1 amide bonds. The van der Waals surface area contributed by atoms with E-state index in [0.717, 1.165) is 5.56 Å². The highest BCUT2D eigenvalue weighted by Crippen LogP contribution is 2.27. The lowest BCUT2D eigenvalue weighted by Crippen LogP contribution is -2.19. The van der Waals surface area contributed by atoms with Gasteiger partial charge in [-0.1, -0.05) is 29.3 Å². The highest BCUT2D eigenvalue weighted by atomic mass is 35.5. The molecule has 1 atom stereocenters. The first kappa shape index (κ1) is 18.4. The fourth-order valence-corrected chi connectivity index (χ4v) is 2.21. The number of nitrogens with zero attached hydrogens (tertiary/aromatic N) is 2. The van der Waals surface area contributed by atoms with Crippen molar-refractivity contribution < 1.29 is 14.3 Å². The Morgan fingerprint density at radius 2 is 2.08 bits per heavy atom. The van der Waals surface area contributed by atoms with E-state index >= 15 is 0 Å². The van der Waals surface area contributed by atoms with Gasteiger partial charge in [0.05, 0.1) is 19.2 Å². The molecule has 0 radical (unpaired) electrons. The maximum absolute atomic E-state index is 12.1. The number of pyridine rings is 2. The van der Waals surface area contributed by atoms with Crippen molar-refractivity contribution in [3.63, 3.8) is 0 Å². The second-order valence-corrected chi connectivity index (χ2v) is 5.89. The topological polar surface area (TPSA) is 73.3 Å². The summed E-state index contributed by atoms with van der Waals surface area (Å²) in [5.41, 5.74) is 0.746. The lowest BCUT2D eigenvalue weighted by atomic mass is 10.2. The zero-order valence-electron chi connectivity index (χ0n) is 13.3. The number of amides is 1. The van der Waals surface area contributed by atoms with E-state index in [1.807, 2.05) is 6.92 Å². The Kier molecular flexibility index (Phi) is 6.78. The second-order valence-electron chi connectivity index (χ2n) is 5.10. The van der Waals surface area contributed by atoms with E-state index in [0.29, 0.717) is 28.3 Å². The lowest BCUT2D eigenvalue weighted by molar-refractivity contribution is -0.115. The van der Waals surface area contributed by atoms with Crippen LogP contribution < -0.4 is 10.1 Å². The molecule has 0 bridgehead atoms. The van der Waals surface area contributed by atoms with E-state index < -0.39 is 0 Å². The van der Waals surface area contributed by atoms with Gasteiger partial charge in [-0.05, 0) is 18.6 Å². The van der Waals surface area contributed by atoms with Crippen LogP contribution in [-0.2, 0) is 16.0 Å². The summed E-state index contributed by atoms with van der Waals surface area (Å²) in [6.07, 6.45) is 2.96. The van der Waals surface area contributed by atoms with Crippen molar-refractivity contribution in [3.05, 3.63) is 46.3 Å². The Bertz CT molecular complexity index is 695. The molecule has 0 saturated heterocycles. The molecule has 1 N–H and O–H groups in total. The molecule has 0 fully saturated rings. The highest BCUT2D eigenvalue weighted by molar-refractivity contribution is 6.32. The molecule has 0 saturated carbocycles. The van der Waals surface area contributed by atoms with Crippen molar-refractivity contribution >= 4 is 34.9 Å². The molecule has 0 aromatic carbocycles. The third-order valence-corrected chi connectivity index (χ3v) is 3.48. The van der Waals surface area contributed by atoms with E-state index in [2.05, 4.69) is 15.3 Å². The fourth-order valence-electron chi connectivity index (χ4n) is 1.95. The van der Waals surface area contributed by atoms with Crippen LogP contribution >= 0.6 is 23.2 Å². The molecule has 0 spiro atoms. The molecule has 0 aliphatic carbocycles. The van der Waals surface area contributed by atoms with Crippen LogP contribution in [0.1, 0.15) is 12.5 Å². The van der Waals surface area contributed by atoms with Gasteiger partial charge in [-0.25, -0.2) is 9.97 Å². The number of methoxy groups -OCH3 is 1. The number of halogens is 2. The molecule has 128 valence electrons. The smallest absolute Gasteiger partial charge is 0.230 e. The maximum atomic E-state index is 12.1. The minimum absolute atomic E-state index is 0.157. The molecule has 2 aromatic rings. The Morgan fingerprint density at radius 3 is 2.75 bits per heavy atom. The van der Waals surface area contributed by atoms with E-state index in [9.17, 15) is 4.79 Å². The van der Waals surface area contributed by atoms with Crippen LogP contribution in [0.3, 0.4) is 0 Å². The molecule has 2 rings (SSSR count). The van der Waals surface area contributed by atoms with Gasteiger partial charge in [-0.3, -0.25) is 4.79 Å². The third kappa shape index (κ3) is 5.63. The number of hydrogen-bond donors (Lipinski definition) is 1. The summed E-state index contributed by atoms with van der Waals surface area (Å²) in [7, 11) is 1.59. The average Bonchev–Trinajstić information content (AvgIpc) is 2.53. The van der Waals surface area contributed by atoms with Crippen LogP contribution in [0.15, 0.2) is 30.6 Å². The van der Waals surface area contributed by atoms with Crippen LogP contribution in [0.25, 0.3) is 0 Å². The number of ether oxygens (including phenoxy) is 2. The van der Waals surface area contributed by atoms with Gasteiger partial charge in [0.25, 0.3) is 0 Å². The van der Waals surface area contributed by atoms with E-state index in [1.165, 1.54) is 6.20 Å². The number of rotatable bonds is 7. The Labute approximate surface area is 150 Å². The normalized spacial score (nSPS) is 11.8. The van der Waals surface area contributed by atoms with E-state index in [-0.39, 0.29) is 18.4 Å². The monoisotopic (exact) mass is 369 g/mol. The number of carbonyl (C=O) groups is 1. The number of nitrogens with one attached hydrogen (secondary N) is 1. The first-order valence-corrected chi connectivity index (χ1v) is 7.95. The van der Waals surface area contributed by atoms with Crippen molar-refractivity contribution in [2.45, 2.75) is 19.4 Å². The summed E-state index contributed by atoms with van der Waals surface area (Å²) < 4.78 is 10.7. The standard InChI is InChI=1S/C16H17Cl2N3O3/c1-10(9-23-2)24-13-6-15(20-8-12(13)17)21-16(22)5-11-3-4-14(18)19-7-11/h3-4,6-8,10H,5,9H2,1-2H3,(H,20,21,22). The molecular weight excluding hydrogens is 353 g/mol. The van der Waals surface area contributed by atoms with Crippen molar-refractivity contribution in [1.29, 1.82) is 0 Å². The Morgan fingerprint density at radius 1 is 1.29 bits per heavy atom. The highest BCUT2D eigenvalue weighted by Gasteiger charge is 2.11. The number of carbonyl (C=O) groups excluding carboxylic acids is 1. The average molecular weight is 370 g/mol. The van der Waals surface area contributed by atoms with Crippen LogP contribution in [0.5, 0.6) is 5.75 Å². The zero-order chi connectivity index (χ0) is 17.5. The van der Waals surface area contributed by atoms with Gasteiger partial charge in [0.15, 0.2) is 0 Å². The van der Waals surface area contributed by atoms with Crippen molar-refractivity contribution in [3.8, 4) is 5.75 Å². The van der Waals surface area contributed by atoms with Gasteiger partial charge in [-0.15, -0.1) is 0 Å². The molecule has 8 heteroatoms. The summed E-state index contributed by atoms with van der Waals surface area (Å²) in [6.45, 7) is 2.27. The van der Waals surface area contributed by atoms with E-state index in [1.54, 1.807) is 31.5 Å². The quantitative estimate of drug-likeness (QED) is 0.757. The third-order valence-electron chi connectivity index (χ3n) is 2.97. The number of anilines is 1. The molecule has 2 aromatic heterocycles. The maximum Gasteiger partial charge on any atom is 0.230 e. The van der Waals surface area contributed by atoms with Gasteiger partial charge in [0.1, 0.15) is 27.8 Å². The van der Waals surface area contributed by atoms with Crippen LogP contribution in [0, 0.1) is 0 Å². The van der Waals surface area contributed by atoms with Crippen LogP contribution in [-0.4, -0.2) is 35.7 Å². The summed E-state index contributed by atoms with van der Waals surface area (Å²) in [5, 5.41) is 3.44. The molecule has 1 unspecified atom stereocenters. The van der Waals surface area contributed by atoms with Gasteiger partial charge >= 0.3 is 0 Å². The fraction of sp³-hybridized carbons (Fsp3) is 0.312. The minimum Gasteiger partial charge on any atom is -0.487 e. The van der Waals surface area contributed by atoms with Gasteiger partial charge < -0.3 is 14.8 Å². The molecule has 6 nitrogen and oxygen atoms in total. The molecule has 0 aliphatic rings. The predicted molar refractivity (Wildman–Crippen MR) is 92.8 cm³/mol. The molecule has 24 heavy (non-hydrogen) atoms. The van der Waals surface area contributed by atoms with Gasteiger partial charge in [0, 0.05) is 19.4 Å². The summed E-state index contributed by atoms with van der Waals surface area (Å²) >= 11 is 11.8. The van der Waals surface area contributed by atoms with E-state index in [4.69, 9.17) is 32.7 Å². The van der Waals surface area contributed by atoms with Crippen molar-refractivity contribution in [2.75, 3.05) is 19.0 Å². The first-order chi connectivity index (χ1) is 11.5. The van der Waals surface area contributed by atoms with Gasteiger partial charge in [0.2, 0.25) is 5.91 Å². The number of aromatic nitrogens is 2. The SMILES string of the molecule is COCC(C)Oc1cc(NC(=O)Cc2ccc(Cl)nc2)ncc1Cl. The van der Waals surface area contributed by atoms with Crippen molar-refractivity contribution in [1.82, 2.24) is 9.97 Å². The minimum atomic E-state index is -0.232. The first-order valence-electron chi connectivity index (χ1n) is 7.19. The predicted octanol–water partition coefficient (Wildman–Crippen LogP) is 3.38. The van der Waals surface area contributed by atoms with Crippen LogP contribution in [0.2, 0.25) is 10.2 Å². The van der Waals surface area contributed by atoms with Crippen molar-refractivity contribution in [2.24, 2.45) is 0 Å². The Balaban J connectivity index is 2.01. The van der Waals surface area contributed by atoms with Crippen LogP contribution in [0.4, 0.5) is 5.82 Å². The molecule has 2 heterocycles. The Hall–Kier alpha value is -1.89.